The minimum atomic E-state index is 0.294. The number of fused-ring (bicyclic) bond motifs is 1. The number of phenolic OH excluding ortho intramolecular Hbond substituents is 1. The molecule has 3 N–H and O–H groups in total. The molecule has 1 heterocycles. The molecule has 0 spiro atoms. The summed E-state index contributed by atoms with van der Waals surface area (Å²) in [6.07, 6.45) is 2.51. The molecule has 4 heteroatoms. The van der Waals surface area contributed by atoms with Gasteiger partial charge in [-0.3, -0.25) is 5.10 Å². The molecule has 27 heavy (non-hydrogen) atoms. The van der Waals surface area contributed by atoms with Gasteiger partial charge in [-0.25, -0.2) is 0 Å². The maximum Gasteiger partial charge on any atom is 0.115 e. The zero-order valence-electron chi connectivity index (χ0n) is 17.2. The number of H-pyrrole nitrogens is 1. The second kappa shape index (κ2) is 11.8. The average molecular weight is 368 g/mol. The summed E-state index contributed by atoms with van der Waals surface area (Å²) in [5, 5.41) is 20.5. The molecule has 2 aromatic carbocycles. The van der Waals surface area contributed by atoms with Crippen LogP contribution in [0.4, 0.5) is 5.69 Å². The number of hydrogen-bond donors (Lipinski definition) is 3. The number of allylic oxidation sites excluding steroid dienone is 1. The number of hydrogen-bond acceptors (Lipinski definition) is 3. The Morgan fingerprint density at radius 1 is 1.04 bits per heavy atom. The van der Waals surface area contributed by atoms with Gasteiger partial charge in [-0.2, -0.15) is 5.10 Å². The highest BCUT2D eigenvalue weighted by atomic mass is 16.3. The fourth-order valence-corrected chi connectivity index (χ4v) is 2.36. The molecule has 3 aromatic rings. The lowest BCUT2D eigenvalue weighted by atomic mass is 10.2. The van der Waals surface area contributed by atoms with Gasteiger partial charge in [-0.05, 0) is 56.0 Å². The van der Waals surface area contributed by atoms with Crippen LogP contribution < -0.4 is 5.32 Å². The number of nitrogens with one attached hydrogen (secondary N) is 2. The minimum Gasteiger partial charge on any atom is -0.508 e. The van der Waals surface area contributed by atoms with Crippen LogP contribution >= 0.6 is 0 Å². The fraction of sp³-hybridized carbons (Fsp3) is 0.348. The van der Waals surface area contributed by atoms with Crippen molar-refractivity contribution >= 4 is 16.6 Å². The van der Waals surface area contributed by atoms with Crippen LogP contribution in [0.1, 0.15) is 46.2 Å². The third-order valence-corrected chi connectivity index (χ3v) is 3.89. The van der Waals surface area contributed by atoms with E-state index in [4.69, 9.17) is 5.11 Å². The van der Waals surface area contributed by atoms with Gasteiger partial charge >= 0.3 is 0 Å². The molecule has 0 aliphatic heterocycles. The Morgan fingerprint density at radius 2 is 1.63 bits per heavy atom. The number of anilines is 1. The van der Waals surface area contributed by atoms with Gasteiger partial charge in [0.1, 0.15) is 5.75 Å². The van der Waals surface area contributed by atoms with E-state index in [0.717, 1.165) is 22.6 Å². The first-order chi connectivity index (χ1) is 13.1. The number of benzene rings is 2. The molecule has 1 aliphatic carbocycles. The minimum absolute atomic E-state index is 0.294. The van der Waals surface area contributed by atoms with Crippen molar-refractivity contribution in [1.82, 2.24) is 10.2 Å². The molecule has 1 saturated carbocycles. The Kier molecular flexibility index (Phi) is 9.73. The van der Waals surface area contributed by atoms with E-state index in [1.807, 2.05) is 65.0 Å². The van der Waals surface area contributed by atoms with Gasteiger partial charge < -0.3 is 10.4 Å². The van der Waals surface area contributed by atoms with Crippen LogP contribution in [0.25, 0.3) is 10.9 Å². The third kappa shape index (κ3) is 7.18. The molecule has 0 atom stereocenters. The summed E-state index contributed by atoms with van der Waals surface area (Å²) >= 11 is 0. The molecule has 4 nitrogen and oxygen atoms in total. The van der Waals surface area contributed by atoms with Gasteiger partial charge in [-0.15, -0.1) is 0 Å². The normalized spacial score (nSPS) is 11.7. The van der Waals surface area contributed by atoms with Crippen LogP contribution in [0.2, 0.25) is 0 Å². The van der Waals surface area contributed by atoms with Gasteiger partial charge in [-0.1, -0.05) is 52.5 Å². The van der Waals surface area contributed by atoms with Crippen molar-refractivity contribution < 1.29 is 5.11 Å². The third-order valence-electron chi connectivity index (χ3n) is 3.89. The van der Waals surface area contributed by atoms with Crippen molar-refractivity contribution in [2.75, 3.05) is 5.32 Å². The van der Waals surface area contributed by atoms with E-state index >= 15 is 0 Å². The second-order valence-corrected chi connectivity index (χ2v) is 5.84. The zero-order valence-corrected chi connectivity index (χ0v) is 17.2. The Morgan fingerprint density at radius 3 is 2.19 bits per heavy atom. The predicted molar refractivity (Wildman–Crippen MR) is 117 cm³/mol. The van der Waals surface area contributed by atoms with Crippen molar-refractivity contribution in [2.24, 2.45) is 5.92 Å². The Bertz CT molecular complexity index is 802. The molecular formula is C23H33N3O. The molecule has 1 aromatic heterocycles. The highest BCUT2D eigenvalue weighted by molar-refractivity contribution is 5.80. The largest absolute Gasteiger partial charge is 0.508 e. The van der Waals surface area contributed by atoms with Gasteiger partial charge in [0.25, 0.3) is 0 Å². The van der Waals surface area contributed by atoms with Crippen LogP contribution in [-0.2, 0) is 0 Å². The number of aromatic nitrogens is 2. The lowest BCUT2D eigenvalue weighted by Gasteiger charge is -2.07. The number of aromatic amines is 1. The van der Waals surface area contributed by atoms with Crippen LogP contribution in [-0.4, -0.2) is 15.3 Å². The van der Waals surface area contributed by atoms with Crippen LogP contribution in [0.5, 0.6) is 5.75 Å². The number of nitrogens with zero attached hydrogens (tertiary/aromatic N) is 1. The number of phenols is 1. The predicted octanol–water partition coefficient (Wildman–Crippen LogP) is 6.65. The maximum atomic E-state index is 9.06. The smallest absolute Gasteiger partial charge is 0.115 e. The highest BCUT2D eigenvalue weighted by Crippen LogP contribution is 2.35. The summed E-state index contributed by atoms with van der Waals surface area (Å²) in [6.45, 7) is 14.0. The monoisotopic (exact) mass is 367 g/mol. The quantitative estimate of drug-likeness (QED) is 0.454. The van der Waals surface area contributed by atoms with E-state index in [1.165, 1.54) is 18.2 Å². The molecule has 0 unspecified atom stereocenters. The first kappa shape index (κ1) is 22.3. The van der Waals surface area contributed by atoms with Crippen LogP contribution in [0.3, 0.4) is 0 Å². The van der Waals surface area contributed by atoms with Gasteiger partial charge in [0.2, 0.25) is 0 Å². The number of aromatic hydroxyl groups is 1. The molecule has 1 aliphatic rings. The van der Waals surface area contributed by atoms with Crippen molar-refractivity contribution in [1.29, 1.82) is 0 Å². The summed E-state index contributed by atoms with van der Waals surface area (Å²) in [4.78, 5) is 0. The standard InChI is InChI=1S/C11H13NO.C8H8N2.2C2H6/c1-8(9-2-3-9)12-10-4-6-11(13)7-5-10;1-6-7-4-2-3-5-8(7)10-9-6;2*1-2/h4-7,9,12-13H,1-3H2;2-5H,1H3,(H,9,10);2*1-2H3. The maximum absolute atomic E-state index is 9.06. The topological polar surface area (TPSA) is 60.9 Å². The second-order valence-electron chi connectivity index (χ2n) is 5.84. The van der Waals surface area contributed by atoms with Gasteiger partial charge in [0, 0.05) is 22.5 Å². The van der Waals surface area contributed by atoms with E-state index in [2.05, 4.69) is 28.2 Å². The molecule has 1 fully saturated rings. The Hall–Kier alpha value is -2.75. The van der Waals surface area contributed by atoms with E-state index in [1.54, 1.807) is 12.1 Å². The Labute approximate surface area is 163 Å². The lowest BCUT2D eigenvalue weighted by Crippen LogP contribution is -1.98. The average Bonchev–Trinajstić information content (AvgIpc) is 3.51. The van der Waals surface area contributed by atoms with Crippen molar-refractivity contribution in [3.05, 3.63) is 66.5 Å². The molecular weight excluding hydrogens is 334 g/mol. The van der Waals surface area contributed by atoms with E-state index < -0.39 is 0 Å². The molecule has 0 radical (unpaired) electrons. The number of aryl methyl sites for hydroxylation is 1. The summed E-state index contributed by atoms with van der Waals surface area (Å²) in [7, 11) is 0. The zero-order chi connectivity index (χ0) is 20.2. The van der Waals surface area contributed by atoms with Crippen molar-refractivity contribution in [3.63, 3.8) is 0 Å². The van der Waals surface area contributed by atoms with E-state index in [9.17, 15) is 0 Å². The van der Waals surface area contributed by atoms with Crippen LogP contribution in [0.15, 0.2) is 60.8 Å². The first-order valence-electron chi connectivity index (χ1n) is 9.78. The fourth-order valence-electron chi connectivity index (χ4n) is 2.36. The number of rotatable bonds is 3. The molecule has 0 bridgehead atoms. The first-order valence-corrected chi connectivity index (χ1v) is 9.78. The molecule has 146 valence electrons. The van der Waals surface area contributed by atoms with Crippen molar-refractivity contribution in [3.8, 4) is 5.75 Å². The Balaban J connectivity index is 0.000000233. The molecule has 0 amide bonds. The van der Waals surface area contributed by atoms with Crippen molar-refractivity contribution in [2.45, 2.75) is 47.5 Å². The highest BCUT2D eigenvalue weighted by Gasteiger charge is 2.24. The van der Waals surface area contributed by atoms with E-state index in [-0.39, 0.29) is 0 Å². The summed E-state index contributed by atoms with van der Waals surface area (Å²) in [5.74, 6) is 0.955. The molecule has 0 saturated heterocycles. The summed E-state index contributed by atoms with van der Waals surface area (Å²) in [6, 6.07) is 15.1. The molecule has 4 rings (SSSR count). The summed E-state index contributed by atoms with van der Waals surface area (Å²) in [5.41, 5.74) is 4.26. The lowest BCUT2D eigenvalue weighted by molar-refractivity contribution is 0.475. The number of para-hydroxylation sites is 1. The van der Waals surface area contributed by atoms with Gasteiger partial charge in [0.05, 0.1) is 5.52 Å². The van der Waals surface area contributed by atoms with E-state index in [0.29, 0.717) is 11.7 Å². The van der Waals surface area contributed by atoms with Gasteiger partial charge in [0.15, 0.2) is 0 Å². The summed E-state index contributed by atoms with van der Waals surface area (Å²) < 4.78 is 0. The van der Waals surface area contributed by atoms with Crippen LogP contribution in [0, 0.1) is 12.8 Å². The SMILES string of the molecule is C=C(Nc1ccc(O)cc1)C1CC1.CC.CC.Cc1[nH]nc2ccccc12.